The van der Waals surface area contributed by atoms with Gasteiger partial charge in [-0.2, -0.15) is 0 Å². The lowest BCUT2D eigenvalue weighted by Crippen LogP contribution is -2.32. The maximum Gasteiger partial charge on any atom is 0.269 e. The minimum atomic E-state index is -0.523. The molecule has 29 heavy (non-hydrogen) atoms. The van der Waals surface area contributed by atoms with E-state index >= 15 is 0 Å². The van der Waals surface area contributed by atoms with Crippen LogP contribution in [0, 0.1) is 16.0 Å². The van der Waals surface area contributed by atoms with Crippen LogP contribution in [0.15, 0.2) is 48.5 Å². The molecule has 0 saturated carbocycles. The van der Waals surface area contributed by atoms with Crippen molar-refractivity contribution in [3.63, 3.8) is 0 Å². The molecule has 2 N–H and O–H groups in total. The Bertz CT molecular complexity index is 845. The first kappa shape index (κ1) is 22.1. The van der Waals surface area contributed by atoms with Crippen molar-refractivity contribution in [3.8, 4) is 0 Å². The Balaban J connectivity index is 1.77. The quantitative estimate of drug-likeness (QED) is 0.496. The lowest BCUT2D eigenvalue weighted by atomic mass is 10.00. The smallest absolute Gasteiger partial charge is 0.269 e. The zero-order chi connectivity index (χ0) is 21.4. The van der Waals surface area contributed by atoms with Crippen molar-refractivity contribution >= 4 is 17.5 Å². The summed E-state index contributed by atoms with van der Waals surface area (Å²) in [5.74, 6) is 0.0634. The van der Waals surface area contributed by atoms with Crippen LogP contribution in [-0.2, 0) is 11.2 Å². The molecule has 1 atom stereocenters. The first-order valence-corrected chi connectivity index (χ1v) is 9.67. The fourth-order valence-corrected chi connectivity index (χ4v) is 2.94. The van der Waals surface area contributed by atoms with Gasteiger partial charge in [0.05, 0.1) is 11.0 Å². The molecule has 2 aromatic carbocycles. The predicted molar refractivity (Wildman–Crippen MR) is 112 cm³/mol. The Morgan fingerprint density at radius 2 is 1.62 bits per heavy atom. The summed E-state index contributed by atoms with van der Waals surface area (Å²) < 4.78 is 0. The fraction of sp³-hybridized carbons (Fsp3) is 0.364. The van der Waals surface area contributed by atoms with Crippen LogP contribution in [0.1, 0.15) is 54.7 Å². The van der Waals surface area contributed by atoms with E-state index in [0.717, 1.165) is 12.0 Å². The summed E-state index contributed by atoms with van der Waals surface area (Å²) >= 11 is 0. The molecule has 7 heteroatoms. The molecule has 0 fully saturated rings. The highest BCUT2D eigenvalue weighted by Gasteiger charge is 2.12. The van der Waals surface area contributed by atoms with E-state index in [1.807, 2.05) is 19.1 Å². The standard InChI is InChI=1S/C22H27N3O4/c1-15(2)14-17-4-6-18(7-5-17)16(3)24-21(26)12-13-23-22(27)19-8-10-20(11-9-19)25(28)29/h4-11,15-16H,12-14H2,1-3H3,(H,23,27)(H,24,26). The van der Waals surface area contributed by atoms with Crippen LogP contribution >= 0.6 is 0 Å². The third-order valence-electron chi connectivity index (χ3n) is 4.48. The molecule has 0 radical (unpaired) electrons. The third kappa shape index (κ3) is 7.03. The Morgan fingerprint density at radius 1 is 1.00 bits per heavy atom. The number of amides is 2. The van der Waals surface area contributed by atoms with Crippen LogP contribution < -0.4 is 10.6 Å². The van der Waals surface area contributed by atoms with Gasteiger partial charge in [-0.05, 0) is 42.5 Å². The topological polar surface area (TPSA) is 101 Å². The first-order valence-electron chi connectivity index (χ1n) is 9.67. The Hall–Kier alpha value is -3.22. The second kappa shape index (κ2) is 10.4. The lowest BCUT2D eigenvalue weighted by molar-refractivity contribution is -0.384. The monoisotopic (exact) mass is 397 g/mol. The number of hydrogen-bond donors (Lipinski definition) is 2. The summed E-state index contributed by atoms with van der Waals surface area (Å²) in [6.07, 6.45) is 1.17. The maximum atomic E-state index is 12.1. The van der Waals surface area contributed by atoms with Crippen LogP contribution in [0.4, 0.5) is 5.69 Å². The van der Waals surface area contributed by atoms with Gasteiger partial charge in [-0.1, -0.05) is 38.1 Å². The zero-order valence-electron chi connectivity index (χ0n) is 17.0. The lowest BCUT2D eigenvalue weighted by Gasteiger charge is -2.15. The number of nitro benzene ring substituents is 1. The van der Waals surface area contributed by atoms with Crippen molar-refractivity contribution in [1.29, 1.82) is 0 Å². The largest absolute Gasteiger partial charge is 0.352 e. The molecular weight excluding hydrogens is 370 g/mol. The molecule has 0 aliphatic carbocycles. The molecule has 0 bridgehead atoms. The van der Waals surface area contributed by atoms with Crippen molar-refractivity contribution in [2.75, 3.05) is 6.54 Å². The van der Waals surface area contributed by atoms with Gasteiger partial charge in [0.15, 0.2) is 0 Å². The van der Waals surface area contributed by atoms with Crippen LogP contribution in [0.5, 0.6) is 0 Å². The molecule has 2 aromatic rings. The molecule has 0 aliphatic heterocycles. The Morgan fingerprint density at radius 3 is 2.17 bits per heavy atom. The van der Waals surface area contributed by atoms with Crippen molar-refractivity contribution in [1.82, 2.24) is 10.6 Å². The fourth-order valence-electron chi connectivity index (χ4n) is 2.94. The summed E-state index contributed by atoms with van der Waals surface area (Å²) in [5.41, 5.74) is 2.54. The highest BCUT2D eigenvalue weighted by molar-refractivity contribution is 5.94. The number of non-ortho nitro benzene ring substituents is 1. The van der Waals surface area contributed by atoms with Crippen molar-refractivity contribution in [2.45, 2.75) is 39.7 Å². The molecule has 0 heterocycles. The highest BCUT2D eigenvalue weighted by atomic mass is 16.6. The minimum absolute atomic E-state index is 0.0767. The van der Waals surface area contributed by atoms with Gasteiger partial charge in [-0.3, -0.25) is 19.7 Å². The van der Waals surface area contributed by atoms with E-state index in [2.05, 4.69) is 36.6 Å². The Kier molecular flexibility index (Phi) is 7.88. The van der Waals surface area contributed by atoms with Gasteiger partial charge in [-0.15, -0.1) is 0 Å². The third-order valence-corrected chi connectivity index (χ3v) is 4.48. The second-order valence-electron chi connectivity index (χ2n) is 7.44. The first-order chi connectivity index (χ1) is 13.8. The predicted octanol–water partition coefficient (Wildman–Crippen LogP) is 3.79. The van der Waals surface area contributed by atoms with E-state index in [-0.39, 0.29) is 36.5 Å². The van der Waals surface area contributed by atoms with Crippen molar-refractivity contribution < 1.29 is 14.5 Å². The average molecular weight is 397 g/mol. The van der Waals surface area contributed by atoms with Gasteiger partial charge in [0, 0.05) is 30.7 Å². The molecule has 0 aromatic heterocycles. The van der Waals surface area contributed by atoms with E-state index in [1.54, 1.807) is 0 Å². The van der Waals surface area contributed by atoms with Gasteiger partial charge in [0.1, 0.15) is 0 Å². The number of benzene rings is 2. The number of rotatable bonds is 9. The molecule has 154 valence electrons. The maximum absolute atomic E-state index is 12.1. The van der Waals surface area contributed by atoms with Gasteiger partial charge in [0.25, 0.3) is 11.6 Å². The van der Waals surface area contributed by atoms with Crippen molar-refractivity contribution in [3.05, 3.63) is 75.3 Å². The summed E-state index contributed by atoms with van der Waals surface area (Å²) in [4.78, 5) is 34.3. The molecular formula is C22H27N3O4. The summed E-state index contributed by atoms with van der Waals surface area (Å²) in [6.45, 7) is 6.46. The number of carbonyl (C=O) groups is 2. The SMILES string of the molecule is CC(C)Cc1ccc(C(C)NC(=O)CCNC(=O)c2ccc([N+](=O)[O-])cc2)cc1. The molecule has 0 saturated heterocycles. The van der Waals surface area contributed by atoms with Crippen molar-refractivity contribution in [2.24, 2.45) is 5.92 Å². The minimum Gasteiger partial charge on any atom is -0.352 e. The molecule has 1 unspecified atom stereocenters. The number of carbonyl (C=O) groups excluding carboxylic acids is 2. The van der Waals surface area contributed by atoms with Gasteiger partial charge in [-0.25, -0.2) is 0 Å². The molecule has 0 spiro atoms. The van der Waals surface area contributed by atoms with Crippen LogP contribution in [0.3, 0.4) is 0 Å². The summed E-state index contributed by atoms with van der Waals surface area (Å²) in [7, 11) is 0. The summed E-state index contributed by atoms with van der Waals surface area (Å²) in [5, 5.41) is 16.2. The van der Waals surface area contributed by atoms with Crippen LogP contribution in [0.25, 0.3) is 0 Å². The van der Waals surface area contributed by atoms with E-state index in [4.69, 9.17) is 0 Å². The zero-order valence-corrected chi connectivity index (χ0v) is 17.0. The molecule has 0 aliphatic rings. The molecule has 7 nitrogen and oxygen atoms in total. The van der Waals surface area contributed by atoms with Gasteiger partial charge >= 0.3 is 0 Å². The number of nitrogens with zero attached hydrogens (tertiary/aromatic N) is 1. The van der Waals surface area contributed by atoms with Crippen LogP contribution in [0.2, 0.25) is 0 Å². The average Bonchev–Trinajstić information content (AvgIpc) is 2.68. The number of nitrogens with one attached hydrogen (secondary N) is 2. The van der Waals surface area contributed by atoms with Gasteiger partial charge in [0.2, 0.25) is 5.91 Å². The molecule has 2 rings (SSSR count). The number of hydrogen-bond acceptors (Lipinski definition) is 4. The summed E-state index contributed by atoms with van der Waals surface area (Å²) in [6, 6.07) is 13.4. The van der Waals surface area contributed by atoms with E-state index in [1.165, 1.54) is 29.8 Å². The van der Waals surface area contributed by atoms with Crippen LogP contribution in [-0.4, -0.2) is 23.3 Å². The highest BCUT2D eigenvalue weighted by Crippen LogP contribution is 2.16. The van der Waals surface area contributed by atoms with E-state index in [9.17, 15) is 19.7 Å². The Labute approximate surface area is 170 Å². The normalized spacial score (nSPS) is 11.7. The molecule has 2 amide bonds. The number of nitro groups is 1. The van der Waals surface area contributed by atoms with E-state index in [0.29, 0.717) is 11.5 Å². The van der Waals surface area contributed by atoms with Gasteiger partial charge < -0.3 is 10.6 Å². The second-order valence-corrected chi connectivity index (χ2v) is 7.44. The van der Waals surface area contributed by atoms with E-state index < -0.39 is 4.92 Å².